The molecule has 1 saturated carbocycles. The molecule has 1 aliphatic heterocycles. The largest absolute Gasteiger partial charge is 0.446 e. The maximum Gasteiger partial charge on any atom is 0.410 e. The molecule has 3 aromatic rings. The summed E-state index contributed by atoms with van der Waals surface area (Å²) in [6.07, 6.45) is 11.8. The zero-order valence-corrected chi connectivity index (χ0v) is 19.4. The minimum absolute atomic E-state index is 0.0715. The number of hydrogen-bond donors (Lipinski definition) is 1. The summed E-state index contributed by atoms with van der Waals surface area (Å²) in [6, 6.07) is 8.95. The van der Waals surface area contributed by atoms with E-state index < -0.39 is 9.84 Å². The molecular formula is C25H27N3O4S. The highest BCUT2D eigenvalue weighted by atomic mass is 32.2. The predicted molar refractivity (Wildman–Crippen MR) is 128 cm³/mol. The third kappa shape index (κ3) is 4.53. The molecule has 2 aromatic heterocycles. The molecule has 0 spiro atoms. The van der Waals surface area contributed by atoms with Gasteiger partial charge in [-0.05, 0) is 61.4 Å². The van der Waals surface area contributed by atoms with Crippen LogP contribution in [0.15, 0.2) is 53.7 Å². The summed E-state index contributed by atoms with van der Waals surface area (Å²) in [6.45, 7) is 1.14. The number of amides is 1. The number of carbonyl (C=O) groups is 1. The number of sulfone groups is 1. The van der Waals surface area contributed by atoms with E-state index in [1.807, 2.05) is 18.3 Å². The van der Waals surface area contributed by atoms with E-state index >= 15 is 0 Å². The van der Waals surface area contributed by atoms with Gasteiger partial charge in [0.1, 0.15) is 11.8 Å². The van der Waals surface area contributed by atoms with E-state index in [1.54, 1.807) is 29.3 Å². The first kappa shape index (κ1) is 21.7. The topological polar surface area (TPSA) is 92.4 Å². The summed E-state index contributed by atoms with van der Waals surface area (Å²) in [5.41, 5.74) is 4.65. The van der Waals surface area contributed by atoms with Crippen LogP contribution in [0.25, 0.3) is 27.7 Å². The number of carbonyl (C=O) groups excluding carboxylic acids is 1. The summed E-state index contributed by atoms with van der Waals surface area (Å²) in [5, 5.41) is 0.977. The van der Waals surface area contributed by atoms with Crippen molar-refractivity contribution in [2.75, 3.05) is 19.3 Å². The first-order valence-corrected chi connectivity index (χ1v) is 13.2. The van der Waals surface area contributed by atoms with Crippen LogP contribution >= 0.6 is 0 Å². The standard InChI is InChI=1S/C25H27N3O4S/c1-33(30,31)21-8-4-5-18(13-21)19-14-22-23(16-27-24(22)26-15-19)17-9-11-28(12-10-17)25(29)32-20-6-2-3-7-20/h4-5,8-9,13-16,20H,2-3,6-7,10-12H2,1H3,(H,26,27). The second-order valence-corrected chi connectivity index (χ2v) is 10.9. The number of ether oxygens (including phenoxy) is 1. The monoisotopic (exact) mass is 465 g/mol. The van der Waals surface area contributed by atoms with Crippen molar-refractivity contribution in [2.24, 2.45) is 0 Å². The average Bonchev–Trinajstić information content (AvgIpc) is 3.48. The molecule has 0 atom stereocenters. The van der Waals surface area contributed by atoms with Gasteiger partial charge in [0.25, 0.3) is 0 Å². The number of nitrogens with zero attached hydrogens (tertiary/aromatic N) is 2. The van der Waals surface area contributed by atoms with Gasteiger partial charge in [0.05, 0.1) is 4.90 Å². The van der Waals surface area contributed by atoms with Gasteiger partial charge < -0.3 is 14.6 Å². The van der Waals surface area contributed by atoms with E-state index in [-0.39, 0.29) is 17.1 Å². The fourth-order valence-corrected chi connectivity index (χ4v) is 5.30. The molecule has 1 N–H and O–H groups in total. The SMILES string of the molecule is CS(=O)(=O)c1cccc(-c2cnc3[nH]cc(C4=CCN(C(=O)OC5CCCC5)CC4)c3c2)c1. The van der Waals surface area contributed by atoms with Crippen LogP contribution in [0.1, 0.15) is 37.7 Å². The first-order chi connectivity index (χ1) is 15.9. The second kappa shape index (κ2) is 8.67. The highest BCUT2D eigenvalue weighted by Crippen LogP contribution is 2.32. The van der Waals surface area contributed by atoms with Crippen molar-refractivity contribution in [3.63, 3.8) is 0 Å². The van der Waals surface area contributed by atoms with Gasteiger partial charge in [-0.15, -0.1) is 0 Å². The lowest BCUT2D eigenvalue weighted by atomic mass is 9.98. The Balaban J connectivity index is 1.38. The Morgan fingerprint density at radius 2 is 2.00 bits per heavy atom. The number of nitrogens with one attached hydrogen (secondary N) is 1. The first-order valence-electron chi connectivity index (χ1n) is 11.3. The highest BCUT2D eigenvalue weighted by Gasteiger charge is 2.25. The summed E-state index contributed by atoms with van der Waals surface area (Å²) in [4.78, 5) is 22.3. The van der Waals surface area contributed by atoms with Gasteiger partial charge in [-0.3, -0.25) is 0 Å². The zero-order chi connectivity index (χ0) is 23.0. The van der Waals surface area contributed by atoms with Gasteiger partial charge in [-0.25, -0.2) is 18.2 Å². The third-order valence-electron chi connectivity index (χ3n) is 6.51. The Kier molecular flexibility index (Phi) is 5.70. The number of benzene rings is 1. The smallest absolute Gasteiger partial charge is 0.410 e. The van der Waals surface area contributed by atoms with Crippen LogP contribution in [0.4, 0.5) is 4.79 Å². The Morgan fingerprint density at radius 1 is 1.18 bits per heavy atom. The van der Waals surface area contributed by atoms with Gasteiger partial charge in [0.2, 0.25) is 0 Å². The van der Waals surface area contributed by atoms with Crippen molar-refractivity contribution < 1.29 is 17.9 Å². The Hall–Kier alpha value is -3.13. The number of H-pyrrole nitrogens is 1. The highest BCUT2D eigenvalue weighted by molar-refractivity contribution is 7.90. The lowest BCUT2D eigenvalue weighted by Gasteiger charge is -2.27. The molecule has 5 rings (SSSR count). The molecule has 7 nitrogen and oxygen atoms in total. The number of aromatic nitrogens is 2. The van der Waals surface area contributed by atoms with Crippen LogP contribution in [-0.4, -0.2) is 54.8 Å². The Morgan fingerprint density at radius 3 is 2.73 bits per heavy atom. The molecule has 0 saturated heterocycles. The van der Waals surface area contributed by atoms with E-state index in [2.05, 4.69) is 16.0 Å². The molecule has 172 valence electrons. The van der Waals surface area contributed by atoms with Gasteiger partial charge >= 0.3 is 6.09 Å². The van der Waals surface area contributed by atoms with Crippen molar-refractivity contribution in [1.29, 1.82) is 0 Å². The molecule has 0 radical (unpaired) electrons. The molecule has 1 aromatic carbocycles. The van der Waals surface area contributed by atoms with Crippen molar-refractivity contribution in [2.45, 2.75) is 43.1 Å². The van der Waals surface area contributed by atoms with E-state index in [0.717, 1.165) is 65.4 Å². The minimum atomic E-state index is -3.29. The molecule has 33 heavy (non-hydrogen) atoms. The molecule has 1 aliphatic carbocycles. The van der Waals surface area contributed by atoms with Gasteiger partial charge in [0, 0.05) is 48.3 Å². The van der Waals surface area contributed by atoms with E-state index in [0.29, 0.717) is 13.1 Å². The van der Waals surface area contributed by atoms with Crippen LogP contribution in [-0.2, 0) is 14.6 Å². The molecular weight excluding hydrogens is 438 g/mol. The molecule has 0 bridgehead atoms. The number of aromatic amines is 1. The molecule has 2 aliphatic rings. The number of pyridine rings is 1. The van der Waals surface area contributed by atoms with E-state index in [9.17, 15) is 13.2 Å². The second-order valence-electron chi connectivity index (χ2n) is 8.84. The van der Waals surface area contributed by atoms with Crippen LogP contribution < -0.4 is 0 Å². The quantitative estimate of drug-likeness (QED) is 0.597. The predicted octanol–water partition coefficient (Wildman–Crippen LogP) is 4.80. The van der Waals surface area contributed by atoms with Crippen molar-refractivity contribution in [1.82, 2.24) is 14.9 Å². The maximum absolute atomic E-state index is 12.5. The average molecular weight is 466 g/mol. The van der Waals surface area contributed by atoms with Crippen LogP contribution in [0.5, 0.6) is 0 Å². The zero-order valence-electron chi connectivity index (χ0n) is 18.6. The number of hydrogen-bond acceptors (Lipinski definition) is 5. The molecule has 3 heterocycles. The fourth-order valence-electron chi connectivity index (χ4n) is 4.64. The van der Waals surface area contributed by atoms with Gasteiger partial charge in [-0.1, -0.05) is 18.2 Å². The van der Waals surface area contributed by atoms with Crippen LogP contribution in [0.2, 0.25) is 0 Å². The van der Waals surface area contributed by atoms with E-state index in [1.165, 1.54) is 6.26 Å². The summed E-state index contributed by atoms with van der Waals surface area (Å²) >= 11 is 0. The molecule has 1 fully saturated rings. The summed E-state index contributed by atoms with van der Waals surface area (Å²) < 4.78 is 29.6. The van der Waals surface area contributed by atoms with E-state index in [4.69, 9.17) is 4.74 Å². The lowest BCUT2D eigenvalue weighted by molar-refractivity contribution is 0.0682. The Bertz CT molecular complexity index is 1340. The summed E-state index contributed by atoms with van der Waals surface area (Å²) in [5.74, 6) is 0. The molecule has 1 amide bonds. The normalized spacial score (nSPS) is 17.4. The minimum Gasteiger partial charge on any atom is -0.446 e. The maximum atomic E-state index is 12.5. The fraction of sp³-hybridized carbons (Fsp3) is 0.360. The van der Waals surface area contributed by atoms with Gasteiger partial charge in [-0.2, -0.15) is 0 Å². The van der Waals surface area contributed by atoms with Crippen LogP contribution in [0.3, 0.4) is 0 Å². The van der Waals surface area contributed by atoms with Crippen LogP contribution in [0, 0.1) is 0 Å². The van der Waals surface area contributed by atoms with Gasteiger partial charge in [0.15, 0.2) is 9.84 Å². The third-order valence-corrected chi connectivity index (χ3v) is 7.62. The molecule has 0 unspecified atom stereocenters. The summed E-state index contributed by atoms with van der Waals surface area (Å²) in [7, 11) is -3.29. The van der Waals surface area contributed by atoms with Crippen molar-refractivity contribution in [3.8, 4) is 11.1 Å². The Labute approximate surface area is 193 Å². The number of fused-ring (bicyclic) bond motifs is 1. The molecule has 8 heteroatoms. The lowest BCUT2D eigenvalue weighted by Crippen LogP contribution is -2.36. The van der Waals surface area contributed by atoms with Crippen molar-refractivity contribution >= 4 is 32.5 Å². The van der Waals surface area contributed by atoms with Crippen molar-refractivity contribution in [3.05, 3.63) is 54.4 Å². The number of rotatable bonds is 4.